The molecule has 0 fully saturated rings. The van der Waals surface area contributed by atoms with Gasteiger partial charge < -0.3 is 4.90 Å². The largest absolute Gasteiger partial charge is 0.416 e. The average Bonchev–Trinajstić information content (AvgIpc) is 2.41. The van der Waals surface area contributed by atoms with Crippen LogP contribution in [0.2, 0.25) is 0 Å². The van der Waals surface area contributed by atoms with E-state index in [0.29, 0.717) is 10.7 Å². The maximum Gasteiger partial charge on any atom is 0.416 e. The minimum absolute atomic E-state index is 0.0993. The molecule has 1 unspecified atom stereocenters. The van der Waals surface area contributed by atoms with Gasteiger partial charge in [-0.2, -0.15) is 13.2 Å². The molecule has 0 N–H and O–H groups in total. The van der Waals surface area contributed by atoms with E-state index in [1.165, 1.54) is 18.2 Å². The molecular formula is C15H13Cl3F3N. The van der Waals surface area contributed by atoms with Gasteiger partial charge in [-0.3, -0.25) is 0 Å². The van der Waals surface area contributed by atoms with Crippen molar-refractivity contribution >= 4 is 40.5 Å². The predicted molar refractivity (Wildman–Crippen MR) is 85.8 cm³/mol. The molecule has 0 bridgehead atoms. The fourth-order valence-electron chi connectivity index (χ4n) is 2.31. The van der Waals surface area contributed by atoms with Gasteiger partial charge in [0.25, 0.3) is 0 Å². The second kappa shape index (κ2) is 6.34. The van der Waals surface area contributed by atoms with Crippen molar-refractivity contribution in [3.05, 3.63) is 50.5 Å². The number of benzene rings is 1. The van der Waals surface area contributed by atoms with Gasteiger partial charge in [-0.25, -0.2) is 0 Å². The maximum atomic E-state index is 13.3. The number of alkyl halides is 3. The van der Waals surface area contributed by atoms with Crippen molar-refractivity contribution in [1.29, 1.82) is 0 Å². The molecule has 1 aromatic rings. The molecule has 2 rings (SSSR count). The second-order valence-electron chi connectivity index (χ2n) is 5.20. The first-order valence-corrected chi connectivity index (χ1v) is 7.54. The number of allylic oxidation sites excluding steroid dienone is 4. The molecule has 0 saturated carbocycles. The third-order valence-electron chi connectivity index (χ3n) is 3.47. The molecule has 1 aromatic carbocycles. The lowest BCUT2D eigenvalue weighted by Crippen LogP contribution is -2.16. The van der Waals surface area contributed by atoms with Gasteiger partial charge in [0.05, 0.1) is 10.6 Å². The van der Waals surface area contributed by atoms with Gasteiger partial charge in [0.2, 0.25) is 0 Å². The second-order valence-corrected chi connectivity index (χ2v) is 6.50. The number of hydrogen-bond donors (Lipinski definition) is 0. The highest BCUT2D eigenvalue weighted by atomic mass is 35.5. The van der Waals surface area contributed by atoms with E-state index in [-0.39, 0.29) is 22.0 Å². The summed E-state index contributed by atoms with van der Waals surface area (Å²) in [6.07, 6.45) is -2.91. The number of anilines is 1. The number of halogens is 6. The van der Waals surface area contributed by atoms with E-state index in [9.17, 15) is 13.2 Å². The summed E-state index contributed by atoms with van der Waals surface area (Å²) in [5, 5.41) is 0.815. The van der Waals surface area contributed by atoms with E-state index in [4.69, 9.17) is 34.8 Å². The third kappa shape index (κ3) is 3.55. The first kappa shape index (κ1) is 17.5. The zero-order valence-corrected chi connectivity index (χ0v) is 14.1. The minimum Gasteiger partial charge on any atom is -0.378 e. The lowest BCUT2D eigenvalue weighted by Gasteiger charge is -2.26. The fourth-order valence-corrected chi connectivity index (χ4v) is 3.07. The van der Waals surface area contributed by atoms with Crippen LogP contribution in [-0.2, 0) is 6.18 Å². The number of hydrogen-bond acceptors (Lipinski definition) is 1. The summed E-state index contributed by atoms with van der Waals surface area (Å²) in [5.74, 6) is -0.659. The summed E-state index contributed by atoms with van der Waals surface area (Å²) >= 11 is 18.0. The molecule has 1 atom stereocenters. The molecular weight excluding hydrogens is 358 g/mol. The lowest BCUT2D eigenvalue weighted by atomic mass is 9.88. The molecule has 0 aromatic heterocycles. The van der Waals surface area contributed by atoms with Crippen LogP contribution >= 0.6 is 34.8 Å². The van der Waals surface area contributed by atoms with Crippen LogP contribution in [0.5, 0.6) is 0 Å². The molecule has 0 radical (unpaired) electrons. The Morgan fingerprint density at radius 2 is 1.77 bits per heavy atom. The molecule has 0 heterocycles. The fraction of sp³-hybridized carbons (Fsp3) is 0.333. The van der Waals surface area contributed by atoms with Crippen molar-refractivity contribution in [3.63, 3.8) is 0 Å². The Morgan fingerprint density at radius 3 is 2.32 bits per heavy atom. The van der Waals surface area contributed by atoms with E-state index < -0.39 is 17.7 Å². The summed E-state index contributed by atoms with van der Waals surface area (Å²) in [4.78, 5) is 1.73. The van der Waals surface area contributed by atoms with Crippen LogP contribution in [0.15, 0.2) is 39.4 Å². The number of rotatable bonds is 2. The molecule has 0 aliphatic heterocycles. The zero-order valence-electron chi connectivity index (χ0n) is 11.8. The normalized spacial score (nSPS) is 19.3. The molecule has 22 heavy (non-hydrogen) atoms. The Hall–Kier alpha value is -0.840. The van der Waals surface area contributed by atoms with Crippen molar-refractivity contribution in [2.24, 2.45) is 0 Å². The molecule has 0 saturated heterocycles. The molecule has 1 aliphatic rings. The summed E-state index contributed by atoms with van der Waals surface area (Å²) in [6, 6.07) is 3.99. The van der Waals surface area contributed by atoms with Gasteiger partial charge in [0, 0.05) is 35.8 Å². The van der Waals surface area contributed by atoms with Gasteiger partial charge in [-0.05, 0) is 36.3 Å². The zero-order chi connectivity index (χ0) is 16.7. The van der Waals surface area contributed by atoms with Crippen LogP contribution in [0.1, 0.15) is 23.5 Å². The van der Waals surface area contributed by atoms with Gasteiger partial charge in [0.15, 0.2) is 0 Å². The Labute approximate surface area is 141 Å². The molecule has 0 spiro atoms. The Bertz CT molecular complexity index is 648. The van der Waals surface area contributed by atoms with Crippen LogP contribution in [-0.4, -0.2) is 14.1 Å². The van der Waals surface area contributed by atoms with Crippen molar-refractivity contribution in [3.8, 4) is 0 Å². The third-order valence-corrected chi connectivity index (χ3v) is 4.64. The summed E-state index contributed by atoms with van der Waals surface area (Å²) in [7, 11) is 3.52. The molecule has 0 amide bonds. The number of nitrogens with zero attached hydrogens (tertiary/aromatic N) is 1. The van der Waals surface area contributed by atoms with E-state index in [0.717, 1.165) is 6.07 Å². The Balaban J connectivity index is 2.58. The highest BCUT2D eigenvalue weighted by molar-refractivity contribution is 6.42. The maximum absolute atomic E-state index is 13.3. The summed E-state index contributed by atoms with van der Waals surface area (Å²) in [5.41, 5.74) is 0.0450. The van der Waals surface area contributed by atoms with E-state index in [1.54, 1.807) is 19.0 Å². The minimum atomic E-state index is -4.46. The van der Waals surface area contributed by atoms with E-state index >= 15 is 0 Å². The highest BCUT2D eigenvalue weighted by Gasteiger charge is 2.37. The lowest BCUT2D eigenvalue weighted by molar-refractivity contribution is -0.138. The molecule has 120 valence electrons. The van der Waals surface area contributed by atoms with E-state index in [2.05, 4.69) is 0 Å². The smallest absolute Gasteiger partial charge is 0.378 e. The van der Waals surface area contributed by atoms with Crippen LogP contribution in [0.4, 0.5) is 18.9 Å². The summed E-state index contributed by atoms with van der Waals surface area (Å²) in [6.45, 7) is 0. The van der Waals surface area contributed by atoms with Crippen molar-refractivity contribution < 1.29 is 13.2 Å². The summed E-state index contributed by atoms with van der Waals surface area (Å²) < 4.78 is 39.9. The molecule has 1 nitrogen and oxygen atoms in total. The van der Waals surface area contributed by atoms with Crippen LogP contribution < -0.4 is 4.90 Å². The SMILES string of the molecule is CN(C)c1ccc(C(F)(F)F)c(C2CC(Cl)=C(Cl)C=C2Cl)c1. The van der Waals surface area contributed by atoms with Gasteiger partial charge >= 0.3 is 6.18 Å². The monoisotopic (exact) mass is 369 g/mol. The quantitative estimate of drug-likeness (QED) is 0.610. The van der Waals surface area contributed by atoms with Gasteiger partial charge in [-0.15, -0.1) is 0 Å². The first-order valence-electron chi connectivity index (χ1n) is 6.41. The Morgan fingerprint density at radius 1 is 1.14 bits per heavy atom. The van der Waals surface area contributed by atoms with Crippen LogP contribution in [0, 0.1) is 0 Å². The Kier molecular flexibility index (Phi) is 5.05. The topological polar surface area (TPSA) is 3.24 Å². The molecule has 7 heteroatoms. The van der Waals surface area contributed by atoms with Gasteiger partial charge in [-0.1, -0.05) is 34.8 Å². The highest BCUT2D eigenvalue weighted by Crippen LogP contribution is 2.46. The standard InChI is InChI=1S/C15H13Cl3F3N/c1-22(2)8-3-4-11(15(19,20)21)9(5-8)10-6-13(17)14(18)7-12(10)16/h3-5,7,10H,6H2,1-2H3. The predicted octanol–water partition coefficient (Wildman–Crippen LogP) is 6.07. The van der Waals surface area contributed by atoms with Crippen molar-refractivity contribution in [1.82, 2.24) is 0 Å². The van der Waals surface area contributed by atoms with E-state index in [1.807, 2.05) is 0 Å². The van der Waals surface area contributed by atoms with Crippen molar-refractivity contribution in [2.75, 3.05) is 19.0 Å². The van der Waals surface area contributed by atoms with Crippen LogP contribution in [0.3, 0.4) is 0 Å². The van der Waals surface area contributed by atoms with Crippen molar-refractivity contribution in [2.45, 2.75) is 18.5 Å². The average molecular weight is 371 g/mol. The van der Waals surface area contributed by atoms with Gasteiger partial charge in [0.1, 0.15) is 0 Å². The van der Waals surface area contributed by atoms with Crippen LogP contribution in [0.25, 0.3) is 0 Å². The first-order chi connectivity index (χ1) is 10.1. The molecule has 1 aliphatic carbocycles.